The second-order valence-corrected chi connectivity index (χ2v) is 8.00. The molecule has 0 atom stereocenters. The summed E-state index contributed by atoms with van der Waals surface area (Å²) in [6.07, 6.45) is 0.159. The maximum atomic E-state index is 12.4. The number of rotatable bonds is 5. The van der Waals surface area contributed by atoms with Gasteiger partial charge in [0, 0.05) is 23.4 Å². The molecule has 0 saturated heterocycles. The number of fused-ring (bicyclic) bond motifs is 1. The van der Waals surface area contributed by atoms with E-state index in [0.29, 0.717) is 22.0 Å². The fourth-order valence-corrected chi connectivity index (χ4v) is 3.75. The largest absolute Gasteiger partial charge is 0.325 e. The van der Waals surface area contributed by atoms with Crippen molar-refractivity contribution in [1.29, 1.82) is 0 Å². The molecule has 1 aliphatic rings. The molecule has 0 aliphatic carbocycles. The molecule has 1 aliphatic heterocycles. The molecule has 0 fully saturated rings. The lowest BCUT2D eigenvalue weighted by Crippen LogP contribution is -2.32. The van der Waals surface area contributed by atoms with E-state index in [1.54, 1.807) is 37.4 Å². The van der Waals surface area contributed by atoms with E-state index >= 15 is 0 Å². The van der Waals surface area contributed by atoms with Crippen LogP contribution in [0.4, 0.5) is 11.4 Å². The summed E-state index contributed by atoms with van der Waals surface area (Å²) in [5.41, 5.74) is 1.85. The highest BCUT2D eigenvalue weighted by Gasteiger charge is 2.26. The van der Waals surface area contributed by atoms with Crippen molar-refractivity contribution in [3.05, 3.63) is 53.1 Å². The third-order valence-electron chi connectivity index (χ3n) is 3.99. The second-order valence-electron chi connectivity index (χ2n) is 5.80. The van der Waals surface area contributed by atoms with Gasteiger partial charge in [-0.05, 0) is 48.0 Å². The van der Waals surface area contributed by atoms with Crippen LogP contribution in [0, 0.1) is 0 Å². The van der Waals surface area contributed by atoms with Crippen molar-refractivity contribution in [2.45, 2.75) is 11.3 Å². The summed E-state index contributed by atoms with van der Waals surface area (Å²) < 4.78 is 27.0. The summed E-state index contributed by atoms with van der Waals surface area (Å²) in [6.45, 7) is -0.416. The number of carbonyl (C=O) groups excluding carboxylic acids is 2. The molecule has 9 heteroatoms. The highest BCUT2D eigenvalue weighted by molar-refractivity contribution is 7.89. The van der Waals surface area contributed by atoms with Gasteiger partial charge < -0.3 is 10.2 Å². The van der Waals surface area contributed by atoms with E-state index in [1.165, 1.54) is 17.0 Å². The van der Waals surface area contributed by atoms with Crippen LogP contribution in [0.1, 0.15) is 5.56 Å². The molecule has 136 valence electrons. The summed E-state index contributed by atoms with van der Waals surface area (Å²) in [4.78, 5) is 25.1. The number of hydrogen-bond donors (Lipinski definition) is 2. The number of amides is 2. The molecule has 2 N–H and O–H groups in total. The fourth-order valence-electron chi connectivity index (χ4n) is 2.60. The fraction of sp³-hybridized carbons (Fsp3) is 0.176. The van der Waals surface area contributed by atoms with Gasteiger partial charge in [0.25, 0.3) is 0 Å². The van der Waals surface area contributed by atoms with Crippen LogP contribution in [-0.2, 0) is 26.0 Å². The normalized spacial score (nSPS) is 13.6. The summed E-state index contributed by atoms with van der Waals surface area (Å²) >= 11 is 5.77. The lowest BCUT2D eigenvalue weighted by molar-refractivity contribution is -0.117. The molecule has 0 spiro atoms. The van der Waals surface area contributed by atoms with E-state index in [9.17, 15) is 18.0 Å². The lowest BCUT2D eigenvalue weighted by atomic mass is 10.2. The highest BCUT2D eigenvalue weighted by atomic mass is 35.5. The Morgan fingerprint density at radius 3 is 2.58 bits per heavy atom. The van der Waals surface area contributed by atoms with Crippen molar-refractivity contribution < 1.29 is 18.0 Å². The van der Waals surface area contributed by atoms with E-state index in [2.05, 4.69) is 10.0 Å². The minimum atomic E-state index is -3.87. The number of nitrogens with one attached hydrogen (secondary N) is 2. The molecular weight excluding hydrogens is 378 g/mol. The molecule has 0 bridgehead atoms. The molecule has 3 rings (SSSR count). The summed E-state index contributed by atoms with van der Waals surface area (Å²) in [5, 5.41) is 3.10. The number of benzene rings is 2. The van der Waals surface area contributed by atoms with Crippen LogP contribution in [0.5, 0.6) is 0 Å². The molecular formula is C17H16ClN3O4S. The van der Waals surface area contributed by atoms with Crippen molar-refractivity contribution in [3.63, 3.8) is 0 Å². The van der Waals surface area contributed by atoms with E-state index in [1.807, 2.05) is 0 Å². The molecule has 0 aromatic heterocycles. The van der Waals surface area contributed by atoms with Gasteiger partial charge >= 0.3 is 0 Å². The third kappa shape index (κ3) is 3.87. The minimum Gasteiger partial charge on any atom is -0.325 e. The van der Waals surface area contributed by atoms with E-state index in [0.717, 1.165) is 0 Å². The Balaban J connectivity index is 1.66. The van der Waals surface area contributed by atoms with Crippen molar-refractivity contribution in [2.24, 2.45) is 0 Å². The average Bonchev–Trinajstić information content (AvgIpc) is 2.89. The van der Waals surface area contributed by atoms with E-state index in [4.69, 9.17) is 11.6 Å². The predicted molar refractivity (Wildman–Crippen MR) is 98.8 cm³/mol. The molecule has 0 saturated carbocycles. The molecule has 2 amide bonds. The molecule has 2 aromatic carbocycles. The van der Waals surface area contributed by atoms with Crippen molar-refractivity contribution in [2.75, 3.05) is 23.8 Å². The first kappa shape index (κ1) is 18.4. The molecule has 7 nitrogen and oxygen atoms in total. The van der Waals surface area contributed by atoms with Gasteiger partial charge in [-0.1, -0.05) is 11.6 Å². The van der Waals surface area contributed by atoms with Gasteiger partial charge in [0.05, 0.1) is 17.9 Å². The van der Waals surface area contributed by atoms with Crippen LogP contribution in [-0.4, -0.2) is 33.8 Å². The number of nitrogens with zero attached hydrogens (tertiary/aromatic N) is 1. The lowest BCUT2D eigenvalue weighted by Gasteiger charge is -2.11. The van der Waals surface area contributed by atoms with Crippen molar-refractivity contribution in [3.8, 4) is 0 Å². The summed E-state index contributed by atoms with van der Waals surface area (Å²) in [7, 11) is -2.23. The van der Waals surface area contributed by atoms with Crippen LogP contribution in [0.2, 0.25) is 5.02 Å². The first-order valence-electron chi connectivity index (χ1n) is 7.71. The maximum absolute atomic E-state index is 12.4. The Kier molecular flexibility index (Phi) is 4.99. The van der Waals surface area contributed by atoms with Crippen LogP contribution in [0.15, 0.2) is 47.4 Å². The molecule has 2 aromatic rings. The van der Waals surface area contributed by atoms with Crippen LogP contribution < -0.4 is 14.9 Å². The van der Waals surface area contributed by atoms with Crippen LogP contribution in [0.3, 0.4) is 0 Å². The van der Waals surface area contributed by atoms with Gasteiger partial charge in [0.2, 0.25) is 21.8 Å². The van der Waals surface area contributed by atoms with E-state index < -0.39 is 22.5 Å². The van der Waals surface area contributed by atoms with Gasteiger partial charge in [-0.2, -0.15) is 0 Å². The Morgan fingerprint density at radius 1 is 1.19 bits per heavy atom. The van der Waals surface area contributed by atoms with E-state index in [-0.39, 0.29) is 17.2 Å². The summed E-state index contributed by atoms with van der Waals surface area (Å²) in [6, 6.07) is 10.9. The monoisotopic (exact) mass is 393 g/mol. The zero-order chi connectivity index (χ0) is 18.9. The van der Waals surface area contributed by atoms with Crippen LogP contribution >= 0.6 is 11.6 Å². The predicted octanol–water partition coefficient (Wildman–Crippen LogP) is 1.78. The minimum absolute atomic E-state index is 0.0126. The van der Waals surface area contributed by atoms with Gasteiger partial charge in [-0.15, -0.1) is 0 Å². The Bertz CT molecular complexity index is 974. The first-order chi connectivity index (χ1) is 12.3. The number of sulfonamides is 1. The number of carbonyl (C=O) groups is 2. The number of halogens is 1. The number of hydrogen-bond acceptors (Lipinski definition) is 4. The SMILES string of the molecule is CN1C(=O)Cc2cc(S(=O)(=O)NCC(=O)Nc3ccc(Cl)cc3)ccc21. The first-order valence-corrected chi connectivity index (χ1v) is 9.57. The summed E-state index contributed by atoms with van der Waals surface area (Å²) in [5.74, 6) is -0.600. The third-order valence-corrected chi connectivity index (χ3v) is 5.64. The van der Waals surface area contributed by atoms with Crippen molar-refractivity contribution in [1.82, 2.24) is 4.72 Å². The smallest absolute Gasteiger partial charge is 0.241 e. The van der Waals surface area contributed by atoms with Gasteiger partial charge in [0.15, 0.2) is 0 Å². The number of anilines is 2. The van der Waals surface area contributed by atoms with Gasteiger partial charge in [-0.25, -0.2) is 13.1 Å². The number of likely N-dealkylation sites (N-methyl/N-ethyl adjacent to an activating group) is 1. The van der Waals surface area contributed by atoms with Crippen LogP contribution in [0.25, 0.3) is 0 Å². The quantitative estimate of drug-likeness (QED) is 0.809. The molecule has 1 heterocycles. The zero-order valence-electron chi connectivity index (χ0n) is 13.8. The topological polar surface area (TPSA) is 95.6 Å². The zero-order valence-corrected chi connectivity index (χ0v) is 15.4. The Hall–Kier alpha value is -2.42. The standard InChI is InChI=1S/C17H16ClN3O4S/c1-21-15-7-6-14(8-11(15)9-17(21)23)26(24,25)19-10-16(22)20-13-4-2-12(18)3-5-13/h2-8,19H,9-10H2,1H3,(H,20,22). The second kappa shape index (κ2) is 7.06. The Morgan fingerprint density at radius 2 is 1.88 bits per heavy atom. The maximum Gasteiger partial charge on any atom is 0.241 e. The van der Waals surface area contributed by atoms with Crippen molar-refractivity contribution >= 4 is 44.8 Å². The molecule has 0 unspecified atom stereocenters. The van der Waals surface area contributed by atoms with Gasteiger partial charge in [-0.3, -0.25) is 9.59 Å². The van der Waals surface area contributed by atoms with Gasteiger partial charge in [0.1, 0.15) is 0 Å². The average molecular weight is 394 g/mol. The molecule has 26 heavy (non-hydrogen) atoms. The molecule has 0 radical (unpaired) electrons. The highest BCUT2D eigenvalue weighted by Crippen LogP contribution is 2.29. The Labute approximate surface area is 156 Å².